The molecule has 0 aliphatic carbocycles. The second-order valence-electron chi connectivity index (χ2n) is 3.51. The molecule has 0 spiro atoms. The summed E-state index contributed by atoms with van der Waals surface area (Å²) in [4.78, 5) is 11.7. The molecule has 16 heavy (non-hydrogen) atoms. The smallest absolute Gasteiger partial charge is 0.255 e. The number of nitrogens with zero attached hydrogens (tertiary/aromatic N) is 1. The first kappa shape index (κ1) is 11.6. The summed E-state index contributed by atoms with van der Waals surface area (Å²) in [5.41, 5.74) is 1.86. The number of benzene rings is 1. The fourth-order valence-corrected chi connectivity index (χ4v) is 2.70. The molecular weight excluding hydrogens is 334 g/mol. The zero-order valence-electron chi connectivity index (χ0n) is 8.58. The van der Waals surface area contributed by atoms with E-state index >= 15 is 0 Å². The molecule has 0 aliphatic rings. The van der Waals surface area contributed by atoms with Crippen molar-refractivity contribution < 1.29 is 0 Å². The molecule has 0 N–H and O–H groups in total. The van der Waals surface area contributed by atoms with Crippen LogP contribution >= 0.6 is 31.9 Å². The second kappa shape index (κ2) is 4.55. The van der Waals surface area contributed by atoms with Gasteiger partial charge in [-0.3, -0.25) is 9.36 Å². The first-order valence-electron chi connectivity index (χ1n) is 4.72. The van der Waals surface area contributed by atoms with E-state index in [0.717, 1.165) is 20.2 Å². The van der Waals surface area contributed by atoms with Gasteiger partial charge in [0.15, 0.2) is 0 Å². The van der Waals surface area contributed by atoms with Crippen molar-refractivity contribution in [3.05, 3.63) is 61.4 Å². The van der Waals surface area contributed by atoms with Gasteiger partial charge in [0.2, 0.25) is 0 Å². The quantitative estimate of drug-likeness (QED) is 0.775. The van der Waals surface area contributed by atoms with E-state index in [9.17, 15) is 4.79 Å². The summed E-state index contributed by atoms with van der Waals surface area (Å²) in [6, 6.07) is 9.11. The van der Waals surface area contributed by atoms with Crippen molar-refractivity contribution in [2.45, 2.75) is 6.92 Å². The molecule has 1 heterocycles. The van der Waals surface area contributed by atoms with Crippen LogP contribution in [0, 0.1) is 6.92 Å². The molecule has 0 radical (unpaired) electrons. The van der Waals surface area contributed by atoms with Gasteiger partial charge in [-0.2, -0.15) is 0 Å². The van der Waals surface area contributed by atoms with Crippen molar-refractivity contribution >= 4 is 31.9 Å². The predicted octanol–water partition coefficient (Wildman–Crippen LogP) is 3.67. The molecule has 2 rings (SSSR count). The van der Waals surface area contributed by atoms with Crippen molar-refractivity contribution in [1.29, 1.82) is 0 Å². The molecule has 0 unspecified atom stereocenters. The highest BCUT2D eigenvalue weighted by atomic mass is 79.9. The van der Waals surface area contributed by atoms with Gasteiger partial charge in [0.1, 0.15) is 0 Å². The number of pyridine rings is 1. The van der Waals surface area contributed by atoms with Gasteiger partial charge in [0, 0.05) is 21.2 Å². The van der Waals surface area contributed by atoms with Crippen LogP contribution in [0.15, 0.2) is 50.3 Å². The Bertz CT molecular complexity index is 590. The van der Waals surface area contributed by atoms with E-state index in [0.29, 0.717) is 0 Å². The number of aromatic nitrogens is 1. The van der Waals surface area contributed by atoms with Gasteiger partial charge in [0.25, 0.3) is 5.56 Å². The normalized spacial score (nSPS) is 10.4. The largest absolute Gasteiger partial charge is 0.283 e. The maximum Gasteiger partial charge on any atom is 0.255 e. The lowest BCUT2D eigenvalue weighted by atomic mass is 10.2. The SMILES string of the molecule is Cc1ccc(=O)n(-c2ccc(Br)cc2Br)c1. The fraction of sp³-hybridized carbons (Fsp3) is 0.0833. The van der Waals surface area contributed by atoms with E-state index in [4.69, 9.17) is 0 Å². The highest BCUT2D eigenvalue weighted by molar-refractivity contribution is 9.11. The Labute approximate surface area is 110 Å². The van der Waals surface area contributed by atoms with Gasteiger partial charge < -0.3 is 0 Å². The van der Waals surface area contributed by atoms with Crippen LogP contribution < -0.4 is 5.56 Å². The third-order valence-corrected chi connectivity index (χ3v) is 3.36. The van der Waals surface area contributed by atoms with Gasteiger partial charge in [-0.25, -0.2) is 0 Å². The summed E-state index contributed by atoms with van der Waals surface area (Å²) in [5, 5.41) is 0. The highest BCUT2D eigenvalue weighted by Gasteiger charge is 2.04. The van der Waals surface area contributed by atoms with Crippen molar-refractivity contribution in [1.82, 2.24) is 4.57 Å². The molecule has 0 aliphatic heterocycles. The second-order valence-corrected chi connectivity index (χ2v) is 5.28. The Balaban J connectivity index is 2.67. The van der Waals surface area contributed by atoms with Crippen molar-refractivity contribution in [3.8, 4) is 5.69 Å². The van der Waals surface area contributed by atoms with Gasteiger partial charge in [-0.15, -0.1) is 0 Å². The molecule has 0 saturated carbocycles. The van der Waals surface area contributed by atoms with E-state index in [1.807, 2.05) is 37.4 Å². The molecule has 0 fully saturated rings. The van der Waals surface area contributed by atoms with Crippen LogP contribution in [0.4, 0.5) is 0 Å². The molecule has 1 aromatic heterocycles. The van der Waals surface area contributed by atoms with Gasteiger partial charge in [0.05, 0.1) is 5.69 Å². The van der Waals surface area contributed by atoms with Crippen LogP contribution in [-0.4, -0.2) is 4.57 Å². The number of hydrogen-bond donors (Lipinski definition) is 0. The molecule has 0 bridgehead atoms. The molecule has 0 saturated heterocycles. The Morgan fingerprint density at radius 1 is 1.12 bits per heavy atom. The zero-order chi connectivity index (χ0) is 11.7. The third-order valence-electron chi connectivity index (χ3n) is 2.23. The van der Waals surface area contributed by atoms with Crippen LogP contribution in [0.2, 0.25) is 0 Å². The minimum absolute atomic E-state index is 0.0337. The molecule has 0 amide bonds. The summed E-state index contributed by atoms with van der Waals surface area (Å²) in [5.74, 6) is 0. The van der Waals surface area contributed by atoms with Crippen LogP contribution in [0.5, 0.6) is 0 Å². The molecule has 2 aromatic rings. The predicted molar refractivity (Wildman–Crippen MR) is 72.2 cm³/mol. The minimum Gasteiger partial charge on any atom is -0.283 e. The number of hydrogen-bond acceptors (Lipinski definition) is 1. The highest BCUT2D eigenvalue weighted by Crippen LogP contribution is 2.24. The summed E-state index contributed by atoms with van der Waals surface area (Å²) in [6.45, 7) is 1.96. The van der Waals surface area contributed by atoms with Gasteiger partial charge in [-0.1, -0.05) is 22.0 Å². The average molecular weight is 343 g/mol. The lowest BCUT2D eigenvalue weighted by molar-refractivity contribution is 0.970. The average Bonchev–Trinajstić information content (AvgIpc) is 2.22. The molecular formula is C12H9Br2NO. The van der Waals surface area contributed by atoms with E-state index in [-0.39, 0.29) is 5.56 Å². The van der Waals surface area contributed by atoms with Crippen LogP contribution in [0.1, 0.15) is 5.56 Å². The van der Waals surface area contributed by atoms with Crippen LogP contribution in [0.3, 0.4) is 0 Å². The van der Waals surface area contributed by atoms with Crippen molar-refractivity contribution in [2.24, 2.45) is 0 Å². The number of halogens is 2. The maximum atomic E-state index is 11.7. The van der Waals surface area contributed by atoms with Gasteiger partial charge in [-0.05, 0) is 46.6 Å². The first-order valence-corrected chi connectivity index (χ1v) is 6.31. The fourth-order valence-electron chi connectivity index (χ4n) is 1.46. The standard InChI is InChI=1S/C12H9Br2NO/c1-8-2-5-12(16)15(7-8)11-4-3-9(13)6-10(11)14/h2-7H,1H3. The monoisotopic (exact) mass is 341 g/mol. The molecule has 82 valence electrons. The van der Waals surface area contributed by atoms with E-state index in [2.05, 4.69) is 31.9 Å². The first-order chi connectivity index (χ1) is 7.58. The summed E-state index contributed by atoms with van der Waals surface area (Å²) in [7, 11) is 0. The molecule has 2 nitrogen and oxygen atoms in total. The molecule has 1 aromatic carbocycles. The van der Waals surface area contributed by atoms with E-state index in [1.54, 1.807) is 10.6 Å². The Morgan fingerprint density at radius 2 is 1.88 bits per heavy atom. The lowest BCUT2D eigenvalue weighted by Gasteiger charge is -2.08. The van der Waals surface area contributed by atoms with Crippen LogP contribution in [0.25, 0.3) is 5.69 Å². The zero-order valence-corrected chi connectivity index (χ0v) is 11.7. The van der Waals surface area contributed by atoms with Crippen LogP contribution in [-0.2, 0) is 0 Å². The van der Waals surface area contributed by atoms with Gasteiger partial charge >= 0.3 is 0 Å². The Hall–Kier alpha value is -0.870. The topological polar surface area (TPSA) is 22.0 Å². The molecule has 4 heteroatoms. The van der Waals surface area contributed by atoms with E-state index < -0.39 is 0 Å². The molecule has 0 atom stereocenters. The number of rotatable bonds is 1. The third kappa shape index (κ3) is 2.28. The number of aryl methyl sites for hydroxylation is 1. The van der Waals surface area contributed by atoms with Crippen molar-refractivity contribution in [2.75, 3.05) is 0 Å². The Morgan fingerprint density at radius 3 is 2.56 bits per heavy atom. The lowest BCUT2D eigenvalue weighted by Crippen LogP contribution is -2.16. The summed E-state index contributed by atoms with van der Waals surface area (Å²) < 4.78 is 3.49. The van der Waals surface area contributed by atoms with Crippen molar-refractivity contribution in [3.63, 3.8) is 0 Å². The Kier molecular flexibility index (Phi) is 3.30. The summed E-state index contributed by atoms with van der Waals surface area (Å²) in [6.07, 6.45) is 1.83. The minimum atomic E-state index is -0.0337. The van der Waals surface area contributed by atoms with E-state index in [1.165, 1.54) is 0 Å². The summed E-state index contributed by atoms with van der Waals surface area (Å²) >= 11 is 6.84. The maximum absolute atomic E-state index is 11.7.